The van der Waals surface area contributed by atoms with Crippen LogP contribution < -0.4 is 5.73 Å². The Morgan fingerprint density at radius 2 is 1.80 bits per heavy atom. The normalized spacial score (nSPS) is 15.6. The Kier molecular flexibility index (Phi) is 4.58. The minimum absolute atomic E-state index is 0.163. The quantitative estimate of drug-likeness (QED) is 0.819. The first-order valence-electron chi connectivity index (χ1n) is 7.04. The van der Waals surface area contributed by atoms with Crippen molar-refractivity contribution < 1.29 is 5.11 Å². The lowest BCUT2D eigenvalue weighted by atomic mass is 9.74. The van der Waals surface area contributed by atoms with Gasteiger partial charge in [-0.3, -0.25) is 0 Å². The van der Waals surface area contributed by atoms with Crippen LogP contribution in [-0.4, -0.2) is 11.3 Å². The summed E-state index contributed by atoms with van der Waals surface area (Å²) in [5, 5.41) is 9.66. The minimum Gasteiger partial charge on any atom is -0.379 e. The van der Waals surface area contributed by atoms with Crippen LogP contribution in [0.5, 0.6) is 0 Å². The van der Waals surface area contributed by atoms with Gasteiger partial charge < -0.3 is 10.8 Å². The lowest BCUT2D eigenvalue weighted by Crippen LogP contribution is -2.34. The zero-order valence-corrected chi connectivity index (χ0v) is 12.2. The van der Waals surface area contributed by atoms with E-state index in [9.17, 15) is 5.11 Å². The Balaban J connectivity index is 2.32. The molecule has 0 aliphatic rings. The molecule has 0 spiro atoms. The monoisotopic (exact) mass is 269 g/mol. The van der Waals surface area contributed by atoms with Gasteiger partial charge in [0.15, 0.2) is 0 Å². The zero-order chi connectivity index (χ0) is 14.6. The molecule has 2 heteroatoms. The second kappa shape index (κ2) is 6.21. The largest absolute Gasteiger partial charge is 0.379 e. The molecule has 1 unspecified atom stereocenters. The van der Waals surface area contributed by atoms with E-state index in [1.165, 1.54) is 16.7 Å². The molecule has 106 valence electrons. The lowest BCUT2D eigenvalue weighted by Gasteiger charge is -2.32. The first-order chi connectivity index (χ1) is 9.49. The maximum atomic E-state index is 9.66. The van der Waals surface area contributed by atoms with Crippen LogP contribution in [0.1, 0.15) is 30.0 Å². The summed E-state index contributed by atoms with van der Waals surface area (Å²) in [4.78, 5) is 0. The Morgan fingerprint density at radius 1 is 1.10 bits per heavy atom. The summed E-state index contributed by atoms with van der Waals surface area (Å²) in [6.07, 6.45) is 0.614. The molecule has 0 aliphatic heterocycles. The maximum absolute atomic E-state index is 9.66. The van der Waals surface area contributed by atoms with Crippen molar-refractivity contribution >= 4 is 0 Å². The first kappa shape index (κ1) is 14.8. The van der Waals surface area contributed by atoms with Crippen molar-refractivity contribution in [2.45, 2.75) is 38.3 Å². The molecule has 2 rings (SSSR count). The molecule has 0 aromatic heterocycles. The van der Waals surface area contributed by atoms with Crippen molar-refractivity contribution in [2.24, 2.45) is 5.73 Å². The van der Waals surface area contributed by atoms with E-state index in [4.69, 9.17) is 5.73 Å². The van der Waals surface area contributed by atoms with Crippen LogP contribution in [0.2, 0.25) is 0 Å². The van der Waals surface area contributed by atoms with Gasteiger partial charge in [-0.2, -0.15) is 0 Å². The van der Waals surface area contributed by atoms with E-state index >= 15 is 0 Å². The second-order valence-corrected chi connectivity index (χ2v) is 5.86. The van der Waals surface area contributed by atoms with Gasteiger partial charge in [0.1, 0.15) is 6.23 Å². The molecule has 20 heavy (non-hydrogen) atoms. The minimum atomic E-state index is -0.801. The van der Waals surface area contributed by atoms with Gasteiger partial charge in [0.05, 0.1) is 0 Å². The van der Waals surface area contributed by atoms with Crippen LogP contribution in [0.4, 0.5) is 0 Å². The fourth-order valence-electron chi connectivity index (χ4n) is 2.87. The molecule has 0 aliphatic carbocycles. The number of nitrogens with two attached hydrogens (primary N) is 1. The van der Waals surface area contributed by atoms with Crippen LogP contribution in [0, 0.1) is 6.92 Å². The predicted molar refractivity (Wildman–Crippen MR) is 83.5 cm³/mol. The average Bonchev–Trinajstić information content (AvgIpc) is 2.38. The Morgan fingerprint density at radius 3 is 2.40 bits per heavy atom. The van der Waals surface area contributed by atoms with E-state index in [-0.39, 0.29) is 5.41 Å². The summed E-state index contributed by atoms with van der Waals surface area (Å²) in [6, 6.07) is 18.8. The highest BCUT2D eigenvalue weighted by Crippen LogP contribution is 2.32. The molecule has 2 nitrogen and oxygen atoms in total. The van der Waals surface area contributed by atoms with E-state index in [0.29, 0.717) is 6.42 Å². The van der Waals surface area contributed by atoms with Gasteiger partial charge in [0, 0.05) is 5.41 Å². The van der Waals surface area contributed by atoms with Gasteiger partial charge in [0.25, 0.3) is 0 Å². The van der Waals surface area contributed by atoms with E-state index in [0.717, 1.165) is 6.42 Å². The first-order valence-corrected chi connectivity index (χ1v) is 7.04. The smallest absolute Gasteiger partial charge is 0.103 e. The van der Waals surface area contributed by atoms with Gasteiger partial charge in [-0.1, -0.05) is 67.1 Å². The molecule has 0 amide bonds. The predicted octanol–water partition coefficient (Wildman–Crippen LogP) is 3.16. The maximum Gasteiger partial charge on any atom is 0.103 e. The number of aliphatic hydroxyl groups is 1. The molecule has 0 fully saturated rings. The van der Waals surface area contributed by atoms with Crippen molar-refractivity contribution in [1.82, 2.24) is 0 Å². The summed E-state index contributed by atoms with van der Waals surface area (Å²) < 4.78 is 0. The molecule has 2 atom stereocenters. The number of benzene rings is 2. The Hall–Kier alpha value is -1.64. The molecule has 0 heterocycles. The SMILES string of the molecule is Cc1cccc(CC(C)(C[C@H](N)O)c2ccccc2)c1. The number of rotatable bonds is 5. The molecule has 3 N–H and O–H groups in total. The summed E-state index contributed by atoms with van der Waals surface area (Å²) in [7, 11) is 0. The molecule has 2 aromatic carbocycles. The van der Waals surface area contributed by atoms with Crippen molar-refractivity contribution in [3.05, 3.63) is 71.3 Å². The highest BCUT2D eigenvalue weighted by molar-refractivity contribution is 5.30. The van der Waals surface area contributed by atoms with Gasteiger partial charge >= 0.3 is 0 Å². The summed E-state index contributed by atoms with van der Waals surface area (Å²) in [5.41, 5.74) is 9.24. The number of aliphatic hydroxyl groups excluding tert-OH is 1. The van der Waals surface area contributed by atoms with Gasteiger partial charge in [0.2, 0.25) is 0 Å². The van der Waals surface area contributed by atoms with E-state index in [1.54, 1.807) is 0 Å². The lowest BCUT2D eigenvalue weighted by molar-refractivity contribution is 0.140. The molecular formula is C18H23NO. The standard InChI is InChI=1S/C18H23NO/c1-14-7-6-8-15(11-14)12-18(2,13-17(19)20)16-9-4-3-5-10-16/h3-11,17,20H,12-13,19H2,1-2H3/t17-,18?/m1/s1. The van der Waals surface area contributed by atoms with Crippen molar-refractivity contribution in [3.63, 3.8) is 0 Å². The van der Waals surface area contributed by atoms with Crippen molar-refractivity contribution in [3.8, 4) is 0 Å². The zero-order valence-electron chi connectivity index (χ0n) is 12.2. The average molecular weight is 269 g/mol. The van der Waals surface area contributed by atoms with Crippen LogP contribution in [-0.2, 0) is 11.8 Å². The van der Waals surface area contributed by atoms with Crippen LogP contribution in [0.3, 0.4) is 0 Å². The third-order valence-corrected chi connectivity index (χ3v) is 3.81. The third kappa shape index (κ3) is 3.69. The van der Waals surface area contributed by atoms with E-state index in [2.05, 4.69) is 50.2 Å². The number of hydrogen-bond acceptors (Lipinski definition) is 2. The molecule has 0 saturated carbocycles. The van der Waals surface area contributed by atoms with E-state index in [1.807, 2.05) is 18.2 Å². The van der Waals surface area contributed by atoms with Gasteiger partial charge in [-0.05, 0) is 30.9 Å². The van der Waals surface area contributed by atoms with E-state index < -0.39 is 6.23 Å². The summed E-state index contributed by atoms with van der Waals surface area (Å²) >= 11 is 0. The Labute approximate surface area is 121 Å². The van der Waals surface area contributed by atoms with Gasteiger partial charge in [-0.25, -0.2) is 0 Å². The second-order valence-electron chi connectivity index (χ2n) is 5.86. The highest BCUT2D eigenvalue weighted by atomic mass is 16.3. The summed E-state index contributed by atoms with van der Waals surface area (Å²) in [6.45, 7) is 4.27. The van der Waals surface area contributed by atoms with Crippen LogP contribution in [0.15, 0.2) is 54.6 Å². The van der Waals surface area contributed by atoms with Crippen LogP contribution >= 0.6 is 0 Å². The highest BCUT2D eigenvalue weighted by Gasteiger charge is 2.28. The Bertz CT molecular complexity index is 550. The molecule has 2 aromatic rings. The third-order valence-electron chi connectivity index (χ3n) is 3.81. The van der Waals surface area contributed by atoms with Crippen molar-refractivity contribution in [1.29, 1.82) is 0 Å². The topological polar surface area (TPSA) is 46.2 Å². The summed E-state index contributed by atoms with van der Waals surface area (Å²) in [5.74, 6) is 0. The molecule has 0 bridgehead atoms. The molecule has 0 radical (unpaired) electrons. The number of aryl methyl sites for hydroxylation is 1. The molecular weight excluding hydrogens is 246 g/mol. The van der Waals surface area contributed by atoms with Crippen molar-refractivity contribution in [2.75, 3.05) is 0 Å². The fraction of sp³-hybridized carbons (Fsp3) is 0.333. The van der Waals surface area contributed by atoms with Gasteiger partial charge in [-0.15, -0.1) is 0 Å². The molecule has 0 saturated heterocycles. The number of hydrogen-bond donors (Lipinski definition) is 2. The fourth-order valence-corrected chi connectivity index (χ4v) is 2.87. The van der Waals surface area contributed by atoms with Crippen LogP contribution in [0.25, 0.3) is 0 Å².